The minimum absolute atomic E-state index is 0.0865. The van der Waals surface area contributed by atoms with Crippen LogP contribution in [0.1, 0.15) is 25.5 Å². The van der Waals surface area contributed by atoms with Crippen LogP contribution >= 0.6 is 23.2 Å². The zero-order chi connectivity index (χ0) is 18.9. The van der Waals surface area contributed by atoms with E-state index in [0.717, 1.165) is 25.9 Å². The van der Waals surface area contributed by atoms with Crippen LogP contribution < -0.4 is 21.1 Å². The van der Waals surface area contributed by atoms with E-state index in [9.17, 15) is 0 Å². The molecule has 0 atom stereocenters. The summed E-state index contributed by atoms with van der Waals surface area (Å²) in [5.41, 5.74) is 12.1. The normalized spacial score (nSPS) is 16.4. The Bertz CT molecular complexity index is 833. The topological polar surface area (TPSA) is 127 Å². The van der Waals surface area contributed by atoms with E-state index in [1.165, 1.54) is 12.3 Å². The Labute approximate surface area is 161 Å². The van der Waals surface area contributed by atoms with E-state index in [1.807, 2.05) is 6.92 Å². The lowest BCUT2D eigenvalue weighted by Crippen LogP contribution is -2.48. The van der Waals surface area contributed by atoms with E-state index in [2.05, 4.69) is 19.9 Å². The number of nitrogens with zero attached hydrogens (tertiary/aromatic N) is 4. The summed E-state index contributed by atoms with van der Waals surface area (Å²) in [7, 11) is 0. The molecule has 0 spiro atoms. The Kier molecular flexibility index (Phi) is 5.17. The number of hydrogen-bond donors (Lipinski definition) is 3. The van der Waals surface area contributed by atoms with Gasteiger partial charge in [0.1, 0.15) is 10.8 Å². The first-order chi connectivity index (χ1) is 12.3. The first-order valence-electron chi connectivity index (χ1n) is 8.00. The van der Waals surface area contributed by atoms with Crippen LogP contribution in [-0.2, 0) is 0 Å². The van der Waals surface area contributed by atoms with E-state index in [-0.39, 0.29) is 38.9 Å². The maximum atomic E-state index is 8.09. The molecule has 138 valence electrons. The highest BCUT2D eigenvalue weighted by Crippen LogP contribution is 2.30. The van der Waals surface area contributed by atoms with Gasteiger partial charge in [0.2, 0.25) is 5.90 Å². The second-order valence-electron chi connectivity index (χ2n) is 6.45. The molecular weight excluding hydrogens is 377 g/mol. The van der Waals surface area contributed by atoms with Crippen molar-refractivity contribution >= 4 is 40.7 Å². The molecule has 8 nitrogen and oxygen atoms in total. The van der Waals surface area contributed by atoms with Crippen molar-refractivity contribution in [1.29, 1.82) is 5.41 Å². The lowest BCUT2D eigenvalue weighted by Gasteiger charge is -2.37. The third kappa shape index (κ3) is 3.98. The SMILES string of the molecule is CC1(N)CCN(c2cnc(C(=N)Oc3ccnc(Cl)c3Cl)c(N)n2)CC1. The van der Waals surface area contributed by atoms with Crippen LogP contribution in [0.2, 0.25) is 10.2 Å². The lowest BCUT2D eigenvalue weighted by molar-refractivity contribution is 0.363. The summed E-state index contributed by atoms with van der Waals surface area (Å²) in [6, 6.07) is 1.50. The summed E-state index contributed by atoms with van der Waals surface area (Å²) < 4.78 is 5.42. The van der Waals surface area contributed by atoms with Crippen LogP contribution in [0, 0.1) is 5.41 Å². The number of nitrogen functional groups attached to an aromatic ring is 1. The van der Waals surface area contributed by atoms with Crippen LogP contribution in [0.5, 0.6) is 5.75 Å². The largest absolute Gasteiger partial charge is 0.436 e. The van der Waals surface area contributed by atoms with Crippen LogP contribution in [0.15, 0.2) is 18.5 Å². The number of rotatable bonds is 3. The summed E-state index contributed by atoms with van der Waals surface area (Å²) in [6.45, 7) is 3.60. The molecule has 0 bridgehead atoms. The number of nitrogens with one attached hydrogen (secondary N) is 1. The van der Waals surface area contributed by atoms with Gasteiger partial charge in [-0.15, -0.1) is 0 Å². The van der Waals surface area contributed by atoms with Gasteiger partial charge in [-0.1, -0.05) is 23.2 Å². The minimum atomic E-state index is -0.279. The summed E-state index contributed by atoms with van der Waals surface area (Å²) in [5.74, 6) is 0.670. The van der Waals surface area contributed by atoms with Gasteiger partial charge in [0.05, 0.1) is 6.20 Å². The molecule has 0 radical (unpaired) electrons. The van der Waals surface area contributed by atoms with Gasteiger partial charge in [0.15, 0.2) is 22.4 Å². The van der Waals surface area contributed by atoms with Crippen molar-refractivity contribution in [3.8, 4) is 5.75 Å². The van der Waals surface area contributed by atoms with Crippen LogP contribution in [0.25, 0.3) is 0 Å². The first-order valence-corrected chi connectivity index (χ1v) is 8.75. The molecule has 0 aliphatic carbocycles. The Hall–Kier alpha value is -2.16. The molecule has 0 saturated carbocycles. The number of nitrogens with two attached hydrogens (primary N) is 2. The Balaban J connectivity index is 1.75. The molecule has 0 unspecified atom stereocenters. The van der Waals surface area contributed by atoms with E-state index in [0.29, 0.717) is 5.82 Å². The highest BCUT2D eigenvalue weighted by Gasteiger charge is 2.27. The minimum Gasteiger partial charge on any atom is -0.436 e. The van der Waals surface area contributed by atoms with Crippen molar-refractivity contribution in [2.75, 3.05) is 23.7 Å². The Morgan fingerprint density at radius 2 is 2.00 bits per heavy atom. The second kappa shape index (κ2) is 7.22. The smallest absolute Gasteiger partial charge is 0.241 e. The average molecular weight is 396 g/mol. The molecule has 0 aromatic carbocycles. The number of aromatic nitrogens is 3. The van der Waals surface area contributed by atoms with Gasteiger partial charge in [-0.25, -0.2) is 15.0 Å². The van der Waals surface area contributed by atoms with Crippen molar-refractivity contribution in [2.45, 2.75) is 25.3 Å². The van der Waals surface area contributed by atoms with E-state index in [4.69, 9.17) is 44.8 Å². The highest BCUT2D eigenvalue weighted by atomic mass is 35.5. The molecular formula is C16H19Cl2N7O. The van der Waals surface area contributed by atoms with Crippen molar-refractivity contribution in [3.63, 3.8) is 0 Å². The second-order valence-corrected chi connectivity index (χ2v) is 7.18. The predicted octanol–water partition coefficient (Wildman–Crippen LogP) is 2.48. The summed E-state index contributed by atoms with van der Waals surface area (Å²) >= 11 is 11.9. The van der Waals surface area contributed by atoms with Crippen LogP contribution in [0.3, 0.4) is 0 Å². The van der Waals surface area contributed by atoms with Gasteiger partial charge >= 0.3 is 0 Å². The molecule has 1 aliphatic rings. The molecule has 5 N–H and O–H groups in total. The molecule has 1 saturated heterocycles. The molecule has 3 rings (SSSR count). The molecule has 10 heteroatoms. The van der Waals surface area contributed by atoms with Crippen molar-refractivity contribution in [2.24, 2.45) is 5.73 Å². The molecule has 26 heavy (non-hydrogen) atoms. The zero-order valence-corrected chi connectivity index (χ0v) is 15.7. The Morgan fingerprint density at radius 3 is 2.65 bits per heavy atom. The van der Waals surface area contributed by atoms with Crippen molar-refractivity contribution in [3.05, 3.63) is 34.3 Å². The van der Waals surface area contributed by atoms with Gasteiger partial charge < -0.3 is 21.1 Å². The fourth-order valence-electron chi connectivity index (χ4n) is 2.61. The fourth-order valence-corrected chi connectivity index (χ4v) is 2.91. The number of halogens is 2. The van der Waals surface area contributed by atoms with Crippen molar-refractivity contribution in [1.82, 2.24) is 15.0 Å². The van der Waals surface area contributed by atoms with E-state index in [1.54, 1.807) is 6.20 Å². The summed E-state index contributed by atoms with van der Waals surface area (Å²) in [4.78, 5) is 14.5. The molecule has 1 aliphatic heterocycles. The first kappa shape index (κ1) is 18.6. The Morgan fingerprint density at radius 1 is 1.31 bits per heavy atom. The molecule has 2 aromatic heterocycles. The summed E-state index contributed by atoms with van der Waals surface area (Å²) in [6.07, 6.45) is 4.72. The third-order valence-corrected chi connectivity index (χ3v) is 5.00. The molecule has 0 amide bonds. The monoisotopic (exact) mass is 395 g/mol. The fraction of sp³-hybridized carbons (Fsp3) is 0.375. The average Bonchev–Trinajstić information content (AvgIpc) is 2.58. The number of ether oxygens (including phenoxy) is 1. The highest BCUT2D eigenvalue weighted by molar-refractivity contribution is 6.42. The molecule has 1 fully saturated rings. The quantitative estimate of drug-likeness (QED) is 0.413. The third-order valence-electron chi connectivity index (χ3n) is 4.25. The van der Waals surface area contributed by atoms with E-state index >= 15 is 0 Å². The number of piperidine rings is 1. The van der Waals surface area contributed by atoms with Crippen LogP contribution in [-0.4, -0.2) is 39.5 Å². The number of pyridine rings is 1. The summed E-state index contributed by atoms with van der Waals surface area (Å²) in [5, 5.41) is 8.28. The van der Waals surface area contributed by atoms with Gasteiger partial charge in [0, 0.05) is 30.9 Å². The van der Waals surface area contributed by atoms with Gasteiger partial charge in [-0.2, -0.15) is 0 Å². The standard InChI is InChI=1S/C16H19Cl2N7O/c1-16(21)3-6-25(7-4-16)10-8-23-12(14(19)24-10)15(20)26-9-2-5-22-13(18)11(9)17/h2,5,8,20H,3-4,6-7,21H2,1H3,(H2,19,24). The maximum Gasteiger partial charge on any atom is 0.241 e. The number of anilines is 2. The number of hydrogen-bond acceptors (Lipinski definition) is 8. The van der Waals surface area contributed by atoms with Gasteiger partial charge in [-0.05, 0) is 19.8 Å². The maximum absolute atomic E-state index is 8.09. The zero-order valence-electron chi connectivity index (χ0n) is 14.2. The van der Waals surface area contributed by atoms with Crippen LogP contribution in [0.4, 0.5) is 11.6 Å². The molecule has 2 aromatic rings. The van der Waals surface area contributed by atoms with Gasteiger partial charge in [0.25, 0.3) is 0 Å². The van der Waals surface area contributed by atoms with Gasteiger partial charge in [-0.3, -0.25) is 5.41 Å². The predicted molar refractivity (Wildman–Crippen MR) is 102 cm³/mol. The van der Waals surface area contributed by atoms with E-state index < -0.39 is 0 Å². The van der Waals surface area contributed by atoms with Crippen molar-refractivity contribution < 1.29 is 4.74 Å². The molecule has 3 heterocycles. The lowest BCUT2D eigenvalue weighted by atomic mass is 9.91.